The summed E-state index contributed by atoms with van der Waals surface area (Å²) < 4.78 is 12.6. The smallest absolute Gasteiger partial charge is 0.216 e. The minimum Gasteiger partial charge on any atom is -0.497 e. The number of aromatic nitrogens is 3. The fourth-order valence-electron chi connectivity index (χ4n) is 2.23. The molecule has 0 radical (unpaired) electrons. The number of H-pyrrole nitrogens is 1. The second kappa shape index (κ2) is 7.50. The van der Waals surface area contributed by atoms with Gasteiger partial charge in [-0.25, -0.2) is 5.10 Å². The highest BCUT2D eigenvalue weighted by Gasteiger charge is 2.14. The van der Waals surface area contributed by atoms with E-state index >= 15 is 0 Å². The molecule has 1 aromatic heterocycles. The van der Waals surface area contributed by atoms with E-state index < -0.39 is 0 Å². The van der Waals surface area contributed by atoms with Crippen molar-refractivity contribution < 1.29 is 9.47 Å². The molecule has 0 aliphatic rings. The minimum atomic E-state index is 0.373. The van der Waals surface area contributed by atoms with Crippen LogP contribution in [0.3, 0.4) is 0 Å². The van der Waals surface area contributed by atoms with Crippen LogP contribution in [0.5, 0.6) is 11.5 Å². The van der Waals surface area contributed by atoms with Crippen LogP contribution in [0.4, 0.5) is 0 Å². The molecule has 3 aromatic rings. The van der Waals surface area contributed by atoms with Gasteiger partial charge < -0.3 is 9.47 Å². The SMILES string of the molecule is COc1ccc(-c2n[nH]c(=S)n2/N=C\c2ccc(Cl)cc2)c(OC)c1. The van der Waals surface area contributed by atoms with Crippen LogP contribution in [0, 0.1) is 4.77 Å². The van der Waals surface area contributed by atoms with Gasteiger partial charge in [-0.05, 0) is 42.0 Å². The maximum absolute atomic E-state index is 5.89. The molecule has 0 saturated carbocycles. The summed E-state index contributed by atoms with van der Waals surface area (Å²) in [6, 6.07) is 12.8. The molecule has 0 amide bonds. The lowest BCUT2D eigenvalue weighted by atomic mass is 10.2. The maximum Gasteiger partial charge on any atom is 0.216 e. The molecular weight excluding hydrogens is 360 g/mol. The molecule has 0 unspecified atom stereocenters. The fraction of sp³-hybridized carbons (Fsp3) is 0.118. The maximum atomic E-state index is 5.89. The van der Waals surface area contributed by atoms with Crippen LogP contribution in [0.2, 0.25) is 5.02 Å². The minimum absolute atomic E-state index is 0.373. The summed E-state index contributed by atoms with van der Waals surface area (Å²) in [6.45, 7) is 0. The Hall–Kier alpha value is -2.64. The normalized spacial score (nSPS) is 11.0. The molecule has 1 N–H and O–H groups in total. The van der Waals surface area contributed by atoms with E-state index in [1.165, 1.54) is 4.68 Å². The molecule has 8 heteroatoms. The molecule has 0 bridgehead atoms. The number of nitrogens with zero attached hydrogens (tertiary/aromatic N) is 3. The van der Waals surface area contributed by atoms with Gasteiger partial charge in [0.05, 0.1) is 26.0 Å². The van der Waals surface area contributed by atoms with Gasteiger partial charge in [0.25, 0.3) is 0 Å². The number of benzene rings is 2. The van der Waals surface area contributed by atoms with Crippen molar-refractivity contribution >= 4 is 30.0 Å². The van der Waals surface area contributed by atoms with Crippen LogP contribution in [0.15, 0.2) is 47.6 Å². The van der Waals surface area contributed by atoms with Gasteiger partial charge in [-0.1, -0.05) is 23.7 Å². The quantitative estimate of drug-likeness (QED) is 0.538. The van der Waals surface area contributed by atoms with Gasteiger partial charge >= 0.3 is 0 Å². The Labute approximate surface area is 154 Å². The molecule has 25 heavy (non-hydrogen) atoms. The number of nitrogens with one attached hydrogen (secondary N) is 1. The molecule has 6 nitrogen and oxygen atoms in total. The molecule has 2 aromatic carbocycles. The van der Waals surface area contributed by atoms with Gasteiger partial charge in [0.15, 0.2) is 5.82 Å². The zero-order valence-electron chi connectivity index (χ0n) is 13.6. The summed E-state index contributed by atoms with van der Waals surface area (Å²) in [5.74, 6) is 1.83. The largest absolute Gasteiger partial charge is 0.497 e. The van der Waals surface area contributed by atoms with Crippen LogP contribution < -0.4 is 9.47 Å². The number of ether oxygens (including phenoxy) is 2. The molecule has 3 rings (SSSR count). The molecular formula is C17H15ClN4O2S. The Bertz CT molecular complexity index is 964. The van der Waals surface area contributed by atoms with Crippen LogP contribution in [0.25, 0.3) is 11.4 Å². The van der Waals surface area contributed by atoms with Gasteiger partial charge in [-0.15, -0.1) is 0 Å². The summed E-state index contributed by atoms with van der Waals surface area (Å²) in [4.78, 5) is 0. The second-order valence-electron chi connectivity index (χ2n) is 5.03. The lowest BCUT2D eigenvalue weighted by Gasteiger charge is -2.09. The van der Waals surface area contributed by atoms with E-state index in [1.54, 1.807) is 38.6 Å². The first kappa shape index (κ1) is 17.2. The van der Waals surface area contributed by atoms with Crippen LogP contribution in [0.1, 0.15) is 5.56 Å². The lowest BCUT2D eigenvalue weighted by Crippen LogP contribution is -1.97. The topological polar surface area (TPSA) is 64.4 Å². The number of hydrogen-bond donors (Lipinski definition) is 1. The first-order valence-corrected chi connectivity index (χ1v) is 8.10. The molecule has 0 spiro atoms. The zero-order chi connectivity index (χ0) is 17.8. The Morgan fingerprint density at radius 2 is 1.92 bits per heavy atom. The van der Waals surface area contributed by atoms with E-state index in [-0.39, 0.29) is 0 Å². The van der Waals surface area contributed by atoms with Crippen molar-refractivity contribution in [3.8, 4) is 22.9 Å². The van der Waals surface area contributed by atoms with Gasteiger partial charge in [0, 0.05) is 11.1 Å². The van der Waals surface area contributed by atoms with E-state index in [9.17, 15) is 0 Å². The predicted octanol–water partition coefficient (Wildman–Crippen LogP) is 4.16. The molecule has 128 valence electrons. The second-order valence-corrected chi connectivity index (χ2v) is 5.85. The zero-order valence-corrected chi connectivity index (χ0v) is 15.1. The molecule has 1 heterocycles. The van der Waals surface area contributed by atoms with Crippen molar-refractivity contribution in [1.82, 2.24) is 14.9 Å². The Morgan fingerprint density at radius 3 is 2.60 bits per heavy atom. The predicted molar refractivity (Wildman–Crippen MR) is 100 cm³/mol. The number of hydrogen-bond acceptors (Lipinski definition) is 5. The number of methoxy groups -OCH3 is 2. The van der Waals surface area contributed by atoms with Crippen LogP contribution in [-0.4, -0.2) is 35.3 Å². The monoisotopic (exact) mass is 374 g/mol. The fourth-order valence-corrected chi connectivity index (χ4v) is 2.53. The number of rotatable bonds is 5. The first-order chi connectivity index (χ1) is 12.1. The number of halogens is 1. The van der Waals surface area contributed by atoms with Crippen molar-refractivity contribution in [3.63, 3.8) is 0 Å². The van der Waals surface area contributed by atoms with Crippen molar-refractivity contribution in [2.75, 3.05) is 14.2 Å². The summed E-state index contributed by atoms with van der Waals surface area (Å²) in [5, 5.41) is 12.1. The highest BCUT2D eigenvalue weighted by Crippen LogP contribution is 2.32. The Morgan fingerprint density at radius 1 is 1.16 bits per heavy atom. The van der Waals surface area contributed by atoms with Crippen molar-refractivity contribution in [2.45, 2.75) is 0 Å². The van der Waals surface area contributed by atoms with Gasteiger partial charge in [-0.2, -0.15) is 14.9 Å². The average molecular weight is 375 g/mol. The summed E-state index contributed by atoms with van der Waals surface area (Å²) in [6.07, 6.45) is 1.68. The molecule has 0 saturated heterocycles. The van der Waals surface area contributed by atoms with Crippen molar-refractivity contribution in [2.24, 2.45) is 5.10 Å². The van der Waals surface area contributed by atoms with Crippen LogP contribution in [-0.2, 0) is 0 Å². The Balaban J connectivity index is 2.02. The third-order valence-corrected chi connectivity index (χ3v) is 4.01. The van der Waals surface area contributed by atoms with Gasteiger partial charge in [-0.3, -0.25) is 0 Å². The Kier molecular flexibility index (Phi) is 5.16. The van der Waals surface area contributed by atoms with E-state index in [2.05, 4.69) is 15.3 Å². The third-order valence-electron chi connectivity index (χ3n) is 3.49. The highest BCUT2D eigenvalue weighted by molar-refractivity contribution is 7.71. The molecule has 0 aliphatic carbocycles. The summed E-state index contributed by atoms with van der Waals surface area (Å²) in [5.41, 5.74) is 1.63. The van der Waals surface area contributed by atoms with E-state index in [4.69, 9.17) is 33.3 Å². The van der Waals surface area contributed by atoms with Crippen LogP contribution >= 0.6 is 23.8 Å². The first-order valence-electron chi connectivity index (χ1n) is 7.32. The summed E-state index contributed by atoms with van der Waals surface area (Å²) in [7, 11) is 3.18. The highest BCUT2D eigenvalue weighted by atomic mass is 35.5. The van der Waals surface area contributed by atoms with Gasteiger partial charge in [0.1, 0.15) is 11.5 Å². The van der Waals surface area contributed by atoms with E-state index in [1.807, 2.05) is 24.3 Å². The lowest BCUT2D eigenvalue weighted by molar-refractivity contribution is 0.395. The summed E-state index contributed by atoms with van der Waals surface area (Å²) >= 11 is 11.2. The molecule has 0 fully saturated rings. The average Bonchev–Trinajstić information content (AvgIpc) is 3.01. The molecule has 0 aliphatic heterocycles. The van der Waals surface area contributed by atoms with Gasteiger partial charge in [0.2, 0.25) is 4.77 Å². The van der Waals surface area contributed by atoms with Crippen molar-refractivity contribution in [3.05, 3.63) is 57.8 Å². The van der Waals surface area contributed by atoms with Crippen molar-refractivity contribution in [1.29, 1.82) is 0 Å². The van der Waals surface area contributed by atoms with E-state index in [0.29, 0.717) is 27.1 Å². The third kappa shape index (κ3) is 3.72. The molecule has 0 atom stereocenters. The number of aromatic amines is 1. The van der Waals surface area contributed by atoms with E-state index in [0.717, 1.165) is 11.1 Å². The standard InChI is InChI=1S/C17H15ClN4O2S/c1-23-13-7-8-14(15(9-13)24-2)16-20-21-17(25)22(16)19-10-11-3-5-12(18)6-4-11/h3-10H,1-2H3,(H,21,25)/b19-10-.